The molecule has 0 aliphatic rings. The van der Waals surface area contributed by atoms with Gasteiger partial charge in [0, 0.05) is 6.07 Å². The standard InChI is InChI=1S/C15H10BrFN2O5/c16-10-6-5-9(7-13(10)19(22)23)15(21)24-8-14(20)18-12-4-2-1-3-11(12)17/h1-7H,8H2,(H,18,20). The minimum Gasteiger partial charge on any atom is -0.452 e. The zero-order chi connectivity index (χ0) is 17.7. The van der Waals surface area contributed by atoms with Crippen molar-refractivity contribution in [1.29, 1.82) is 0 Å². The van der Waals surface area contributed by atoms with Gasteiger partial charge in [-0.25, -0.2) is 9.18 Å². The Hall–Kier alpha value is -2.81. The van der Waals surface area contributed by atoms with Crippen LogP contribution >= 0.6 is 15.9 Å². The number of hydrogen-bond acceptors (Lipinski definition) is 5. The molecule has 0 bridgehead atoms. The van der Waals surface area contributed by atoms with Gasteiger partial charge in [0.2, 0.25) is 0 Å². The molecule has 0 unspecified atom stereocenters. The van der Waals surface area contributed by atoms with Crippen molar-refractivity contribution in [3.8, 4) is 0 Å². The molecule has 0 aliphatic heterocycles. The number of para-hydroxylation sites is 1. The van der Waals surface area contributed by atoms with Crippen LogP contribution in [0.4, 0.5) is 15.8 Å². The maximum absolute atomic E-state index is 13.4. The molecule has 0 heterocycles. The van der Waals surface area contributed by atoms with Crippen LogP contribution in [-0.4, -0.2) is 23.4 Å². The topological polar surface area (TPSA) is 98.5 Å². The van der Waals surface area contributed by atoms with E-state index in [1.54, 1.807) is 0 Å². The van der Waals surface area contributed by atoms with E-state index in [4.69, 9.17) is 4.74 Å². The van der Waals surface area contributed by atoms with Crippen LogP contribution in [0.3, 0.4) is 0 Å². The molecule has 0 fully saturated rings. The highest BCUT2D eigenvalue weighted by Crippen LogP contribution is 2.25. The van der Waals surface area contributed by atoms with Crippen LogP contribution in [0.1, 0.15) is 10.4 Å². The largest absolute Gasteiger partial charge is 0.452 e. The maximum Gasteiger partial charge on any atom is 0.338 e. The number of amides is 1. The fraction of sp³-hybridized carbons (Fsp3) is 0.0667. The first-order valence-electron chi connectivity index (χ1n) is 6.54. The normalized spacial score (nSPS) is 10.1. The number of rotatable bonds is 5. The van der Waals surface area contributed by atoms with Crippen molar-refractivity contribution in [3.05, 3.63) is 68.4 Å². The molecular weight excluding hydrogens is 387 g/mol. The summed E-state index contributed by atoms with van der Waals surface area (Å²) in [6.07, 6.45) is 0. The minimum atomic E-state index is -0.908. The Balaban J connectivity index is 1.98. The average Bonchev–Trinajstić information content (AvgIpc) is 2.55. The summed E-state index contributed by atoms with van der Waals surface area (Å²) in [5, 5.41) is 13.1. The van der Waals surface area contributed by atoms with Gasteiger partial charge in [0.1, 0.15) is 5.82 Å². The average molecular weight is 397 g/mol. The lowest BCUT2D eigenvalue weighted by Crippen LogP contribution is -2.21. The summed E-state index contributed by atoms with van der Waals surface area (Å²) in [7, 11) is 0. The number of nitro benzene ring substituents is 1. The van der Waals surface area contributed by atoms with E-state index in [9.17, 15) is 24.1 Å². The van der Waals surface area contributed by atoms with Gasteiger partial charge in [0.05, 0.1) is 20.6 Å². The first kappa shape index (κ1) is 17.5. The molecule has 124 valence electrons. The summed E-state index contributed by atoms with van der Waals surface area (Å²) in [6, 6.07) is 9.19. The SMILES string of the molecule is O=C(COC(=O)c1ccc(Br)c([N+](=O)[O-])c1)Nc1ccccc1F. The quantitative estimate of drug-likeness (QED) is 0.474. The second-order valence-corrected chi connectivity index (χ2v) is 5.38. The fourth-order valence-corrected chi connectivity index (χ4v) is 2.13. The monoisotopic (exact) mass is 396 g/mol. The van der Waals surface area contributed by atoms with Gasteiger partial charge in [0.15, 0.2) is 6.61 Å². The van der Waals surface area contributed by atoms with Crippen LogP contribution in [0.15, 0.2) is 46.9 Å². The minimum absolute atomic E-state index is 0.0437. The Morgan fingerprint density at radius 2 is 1.96 bits per heavy atom. The molecule has 0 aliphatic carbocycles. The van der Waals surface area contributed by atoms with Gasteiger partial charge in [-0.1, -0.05) is 12.1 Å². The van der Waals surface area contributed by atoms with Crippen molar-refractivity contribution in [2.75, 3.05) is 11.9 Å². The molecule has 24 heavy (non-hydrogen) atoms. The number of carbonyl (C=O) groups excluding carboxylic acids is 2. The van der Waals surface area contributed by atoms with Crippen LogP contribution < -0.4 is 5.32 Å². The molecule has 0 saturated carbocycles. The smallest absolute Gasteiger partial charge is 0.338 e. The number of benzene rings is 2. The molecule has 0 radical (unpaired) electrons. The lowest BCUT2D eigenvalue weighted by atomic mass is 10.2. The van der Waals surface area contributed by atoms with E-state index in [0.29, 0.717) is 0 Å². The third-order valence-corrected chi connectivity index (χ3v) is 3.53. The zero-order valence-electron chi connectivity index (χ0n) is 12.0. The lowest BCUT2D eigenvalue weighted by Gasteiger charge is -2.07. The molecule has 2 aromatic carbocycles. The van der Waals surface area contributed by atoms with E-state index in [1.807, 2.05) is 0 Å². The summed E-state index contributed by atoms with van der Waals surface area (Å²) < 4.78 is 18.4. The van der Waals surface area contributed by atoms with Crippen molar-refractivity contribution >= 4 is 39.2 Å². The van der Waals surface area contributed by atoms with Gasteiger partial charge >= 0.3 is 5.97 Å². The number of carbonyl (C=O) groups is 2. The molecular formula is C15H10BrFN2O5. The Morgan fingerprint density at radius 3 is 2.62 bits per heavy atom. The third kappa shape index (κ3) is 4.35. The number of ether oxygens (including phenoxy) is 1. The highest BCUT2D eigenvalue weighted by molar-refractivity contribution is 9.10. The Kier molecular flexibility index (Phi) is 5.59. The van der Waals surface area contributed by atoms with Crippen LogP contribution in [0, 0.1) is 15.9 Å². The molecule has 0 saturated heterocycles. The van der Waals surface area contributed by atoms with Crippen molar-refractivity contribution in [2.24, 2.45) is 0 Å². The van der Waals surface area contributed by atoms with Gasteiger partial charge in [0.25, 0.3) is 11.6 Å². The first-order valence-corrected chi connectivity index (χ1v) is 7.33. The van der Waals surface area contributed by atoms with E-state index >= 15 is 0 Å². The summed E-state index contributed by atoms with van der Waals surface area (Å²) in [5.74, 6) is -2.27. The molecule has 2 aromatic rings. The van der Waals surface area contributed by atoms with E-state index in [0.717, 1.165) is 6.07 Å². The number of nitrogens with one attached hydrogen (secondary N) is 1. The summed E-state index contributed by atoms with van der Waals surface area (Å²) in [4.78, 5) is 33.7. The number of hydrogen-bond donors (Lipinski definition) is 1. The van der Waals surface area contributed by atoms with Gasteiger partial charge in [-0.05, 0) is 40.2 Å². The number of nitro groups is 1. The molecule has 0 atom stereocenters. The lowest BCUT2D eigenvalue weighted by molar-refractivity contribution is -0.385. The first-order chi connectivity index (χ1) is 11.4. The molecule has 1 N–H and O–H groups in total. The predicted molar refractivity (Wildman–Crippen MR) is 86.1 cm³/mol. The number of halogens is 2. The number of nitrogens with zero attached hydrogens (tertiary/aromatic N) is 1. The fourth-order valence-electron chi connectivity index (χ4n) is 1.74. The van der Waals surface area contributed by atoms with Crippen LogP contribution in [-0.2, 0) is 9.53 Å². The second kappa shape index (κ2) is 7.64. The van der Waals surface area contributed by atoms with Crippen LogP contribution in [0.25, 0.3) is 0 Å². The summed E-state index contributed by atoms with van der Waals surface area (Å²) in [5.41, 5.74) is -0.429. The molecule has 7 nitrogen and oxygen atoms in total. The third-order valence-electron chi connectivity index (χ3n) is 2.86. The van der Waals surface area contributed by atoms with E-state index < -0.39 is 29.2 Å². The maximum atomic E-state index is 13.4. The van der Waals surface area contributed by atoms with Crippen molar-refractivity contribution in [2.45, 2.75) is 0 Å². The Morgan fingerprint density at radius 1 is 1.25 bits per heavy atom. The number of esters is 1. The molecule has 2 rings (SSSR count). The van der Waals surface area contributed by atoms with Gasteiger partial charge in [-0.15, -0.1) is 0 Å². The molecule has 1 amide bonds. The molecule has 0 aromatic heterocycles. The molecule has 9 heteroatoms. The highest BCUT2D eigenvalue weighted by Gasteiger charge is 2.18. The van der Waals surface area contributed by atoms with E-state index in [-0.39, 0.29) is 21.4 Å². The predicted octanol–water partition coefficient (Wildman–Crippen LogP) is 3.29. The number of anilines is 1. The van der Waals surface area contributed by atoms with Gasteiger partial charge < -0.3 is 10.1 Å². The van der Waals surface area contributed by atoms with Gasteiger partial charge in [-0.3, -0.25) is 14.9 Å². The Bertz CT molecular complexity index is 812. The summed E-state index contributed by atoms with van der Waals surface area (Å²) >= 11 is 2.99. The van der Waals surface area contributed by atoms with Crippen molar-refractivity contribution in [1.82, 2.24) is 0 Å². The van der Waals surface area contributed by atoms with Gasteiger partial charge in [-0.2, -0.15) is 0 Å². The second-order valence-electron chi connectivity index (χ2n) is 4.53. The highest BCUT2D eigenvalue weighted by atomic mass is 79.9. The summed E-state index contributed by atoms with van der Waals surface area (Å²) in [6.45, 7) is -0.656. The van der Waals surface area contributed by atoms with Crippen molar-refractivity contribution in [3.63, 3.8) is 0 Å². The van der Waals surface area contributed by atoms with E-state index in [2.05, 4.69) is 21.2 Å². The molecule has 0 spiro atoms. The van der Waals surface area contributed by atoms with Crippen LogP contribution in [0.5, 0.6) is 0 Å². The van der Waals surface area contributed by atoms with Crippen molar-refractivity contribution < 1.29 is 23.6 Å². The Labute approximate surface area is 143 Å². The van der Waals surface area contributed by atoms with E-state index in [1.165, 1.54) is 36.4 Å². The zero-order valence-corrected chi connectivity index (χ0v) is 13.6. The van der Waals surface area contributed by atoms with Crippen LogP contribution in [0.2, 0.25) is 0 Å².